The number of nitrogens with two attached hydrogens (primary N) is 1. The van der Waals surface area contributed by atoms with Gasteiger partial charge in [0.15, 0.2) is 0 Å². The summed E-state index contributed by atoms with van der Waals surface area (Å²) in [4.78, 5) is 2.50. The third-order valence-corrected chi connectivity index (χ3v) is 3.72. The molecule has 0 saturated heterocycles. The molecule has 0 bridgehead atoms. The van der Waals surface area contributed by atoms with Crippen LogP contribution in [0.3, 0.4) is 0 Å². The first-order valence-electron chi connectivity index (χ1n) is 6.44. The molecule has 1 aliphatic carbocycles. The molecule has 1 heterocycles. The molecule has 92 valence electrons. The lowest BCUT2D eigenvalue weighted by molar-refractivity contribution is 0.210. The van der Waals surface area contributed by atoms with Crippen LogP contribution in [0, 0.1) is 5.92 Å². The third kappa shape index (κ3) is 3.58. The molecular formula is C13H24N2O. The minimum absolute atomic E-state index is 0.448. The van der Waals surface area contributed by atoms with Crippen molar-refractivity contribution in [3.8, 4) is 0 Å². The predicted molar refractivity (Wildman–Crippen MR) is 66.3 cm³/mol. The van der Waals surface area contributed by atoms with Crippen LogP contribution >= 0.6 is 0 Å². The number of hydrogen-bond donors (Lipinski definition) is 1. The fraction of sp³-hybridized carbons (Fsp3) is 0.846. The number of methoxy groups -OCH3 is 1. The Labute approximate surface area is 98.6 Å². The lowest BCUT2D eigenvalue weighted by Crippen LogP contribution is -2.34. The first kappa shape index (κ1) is 12.1. The van der Waals surface area contributed by atoms with Gasteiger partial charge < -0.3 is 10.5 Å². The third-order valence-electron chi connectivity index (χ3n) is 3.72. The molecule has 16 heavy (non-hydrogen) atoms. The van der Waals surface area contributed by atoms with E-state index in [1.165, 1.54) is 25.0 Å². The van der Waals surface area contributed by atoms with Crippen LogP contribution in [-0.4, -0.2) is 44.3 Å². The van der Waals surface area contributed by atoms with Crippen LogP contribution in [0.5, 0.6) is 0 Å². The Morgan fingerprint density at radius 3 is 2.94 bits per heavy atom. The largest absolute Gasteiger partial charge is 0.380 e. The van der Waals surface area contributed by atoms with Gasteiger partial charge in [0.2, 0.25) is 0 Å². The SMILES string of the molecule is COCC1=CCN(CCC(N)C2CC2)CC1. The van der Waals surface area contributed by atoms with Crippen molar-refractivity contribution in [3.63, 3.8) is 0 Å². The molecule has 1 aliphatic heterocycles. The Morgan fingerprint density at radius 1 is 1.56 bits per heavy atom. The van der Waals surface area contributed by atoms with E-state index in [1.54, 1.807) is 7.11 Å². The maximum atomic E-state index is 6.11. The van der Waals surface area contributed by atoms with E-state index in [9.17, 15) is 0 Å². The van der Waals surface area contributed by atoms with E-state index in [0.717, 1.165) is 38.5 Å². The quantitative estimate of drug-likeness (QED) is 0.693. The maximum absolute atomic E-state index is 6.11. The summed E-state index contributed by atoms with van der Waals surface area (Å²) in [5, 5.41) is 0. The van der Waals surface area contributed by atoms with Gasteiger partial charge in [-0.05, 0) is 43.7 Å². The molecule has 0 spiro atoms. The highest BCUT2D eigenvalue weighted by atomic mass is 16.5. The Hall–Kier alpha value is -0.380. The molecular weight excluding hydrogens is 200 g/mol. The summed E-state index contributed by atoms with van der Waals surface area (Å²) in [6.45, 7) is 4.21. The highest BCUT2D eigenvalue weighted by Gasteiger charge is 2.28. The van der Waals surface area contributed by atoms with Crippen molar-refractivity contribution >= 4 is 0 Å². The van der Waals surface area contributed by atoms with Gasteiger partial charge in [0.05, 0.1) is 6.61 Å². The van der Waals surface area contributed by atoms with Crippen LogP contribution in [0.4, 0.5) is 0 Å². The van der Waals surface area contributed by atoms with E-state index >= 15 is 0 Å². The van der Waals surface area contributed by atoms with Crippen molar-refractivity contribution in [2.24, 2.45) is 11.7 Å². The summed E-state index contributed by atoms with van der Waals surface area (Å²) in [5.41, 5.74) is 7.56. The molecule has 3 nitrogen and oxygen atoms in total. The number of rotatable bonds is 6. The average Bonchev–Trinajstić information content (AvgIpc) is 3.12. The molecule has 3 heteroatoms. The van der Waals surface area contributed by atoms with E-state index in [0.29, 0.717) is 6.04 Å². The van der Waals surface area contributed by atoms with Gasteiger partial charge in [0, 0.05) is 26.2 Å². The number of nitrogens with zero attached hydrogens (tertiary/aromatic N) is 1. The van der Waals surface area contributed by atoms with Crippen LogP contribution in [0.2, 0.25) is 0 Å². The molecule has 0 radical (unpaired) electrons. The van der Waals surface area contributed by atoms with E-state index in [2.05, 4.69) is 11.0 Å². The van der Waals surface area contributed by atoms with Crippen LogP contribution in [-0.2, 0) is 4.74 Å². The normalized spacial score (nSPS) is 24.2. The molecule has 1 unspecified atom stereocenters. The number of ether oxygens (including phenoxy) is 1. The first-order valence-corrected chi connectivity index (χ1v) is 6.44. The van der Waals surface area contributed by atoms with Crippen molar-refractivity contribution < 1.29 is 4.74 Å². The molecule has 0 amide bonds. The van der Waals surface area contributed by atoms with Crippen molar-refractivity contribution in [2.75, 3.05) is 33.4 Å². The van der Waals surface area contributed by atoms with Gasteiger partial charge >= 0.3 is 0 Å². The highest BCUT2D eigenvalue weighted by molar-refractivity contribution is 5.07. The predicted octanol–water partition coefficient (Wildman–Crippen LogP) is 1.39. The maximum Gasteiger partial charge on any atom is 0.0673 e. The Balaban J connectivity index is 1.64. The van der Waals surface area contributed by atoms with E-state index in [-0.39, 0.29) is 0 Å². The zero-order chi connectivity index (χ0) is 11.4. The van der Waals surface area contributed by atoms with E-state index in [1.807, 2.05) is 0 Å². The van der Waals surface area contributed by atoms with Crippen LogP contribution < -0.4 is 5.73 Å². The zero-order valence-electron chi connectivity index (χ0n) is 10.3. The van der Waals surface area contributed by atoms with Crippen LogP contribution in [0.15, 0.2) is 11.6 Å². The van der Waals surface area contributed by atoms with Gasteiger partial charge in [-0.15, -0.1) is 0 Å². The molecule has 0 aromatic rings. The fourth-order valence-electron chi connectivity index (χ4n) is 2.36. The molecule has 1 saturated carbocycles. The number of hydrogen-bond acceptors (Lipinski definition) is 3. The molecule has 2 aliphatic rings. The first-order chi connectivity index (χ1) is 7.79. The summed E-state index contributed by atoms with van der Waals surface area (Å²) in [5.74, 6) is 0.837. The summed E-state index contributed by atoms with van der Waals surface area (Å²) in [6, 6.07) is 0.448. The summed E-state index contributed by atoms with van der Waals surface area (Å²) in [7, 11) is 1.77. The average molecular weight is 224 g/mol. The van der Waals surface area contributed by atoms with Gasteiger partial charge in [0.25, 0.3) is 0 Å². The standard InChI is InChI=1S/C13H24N2O/c1-16-10-11-4-7-15(8-5-11)9-6-13(14)12-2-3-12/h4,12-13H,2-3,5-10,14H2,1H3. The van der Waals surface area contributed by atoms with E-state index < -0.39 is 0 Å². The van der Waals surface area contributed by atoms with Crippen LogP contribution in [0.1, 0.15) is 25.7 Å². The smallest absolute Gasteiger partial charge is 0.0673 e. The molecule has 2 N–H and O–H groups in total. The van der Waals surface area contributed by atoms with Crippen molar-refractivity contribution in [2.45, 2.75) is 31.7 Å². The molecule has 2 rings (SSSR count). The second-order valence-corrected chi connectivity index (χ2v) is 5.14. The minimum atomic E-state index is 0.448. The molecule has 1 atom stereocenters. The van der Waals surface area contributed by atoms with E-state index in [4.69, 9.17) is 10.5 Å². The summed E-state index contributed by atoms with van der Waals surface area (Å²) >= 11 is 0. The van der Waals surface area contributed by atoms with Gasteiger partial charge in [-0.3, -0.25) is 4.90 Å². The Kier molecular flexibility index (Phi) is 4.38. The topological polar surface area (TPSA) is 38.5 Å². The Bertz CT molecular complexity index is 248. The Morgan fingerprint density at radius 2 is 2.38 bits per heavy atom. The highest BCUT2D eigenvalue weighted by Crippen LogP contribution is 2.32. The lowest BCUT2D eigenvalue weighted by atomic mass is 10.1. The molecule has 1 fully saturated rings. The van der Waals surface area contributed by atoms with Crippen LogP contribution in [0.25, 0.3) is 0 Å². The van der Waals surface area contributed by atoms with Crippen molar-refractivity contribution in [1.82, 2.24) is 4.90 Å². The zero-order valence-corrected chi connectivity index (χ0v) is 10.3. The summed E-state index contributed by atoms with van der Waals surface area (Å²) < 4.78 is 5.15. The van der Waals surface area contributed by atoms with Gasteiger partial charge in [-0.25, -0.2) is 0 Å². The van der Waals surface area contributed by atoms with Gasteiger partial charge in [0.1, 0.15) is 0 Å². The van der Waals surface area contributed by atoms with Crippen molar-refractivity contribution in [1.29, 1.82) is 0 Å². The summed E-state index contributed by atoms with van der Waals surface area (Å²) in [6.07, 6.45) is 7.36. The second kappa shape index (κ2) is 5.80. The lowest BCUT2D eigenvalue weighted by Gasteiger charge is -2.27. The monoisotopic (exact) mass is 224 g/mol. The molecule has 0 aromatic heterocycles. The van der Waals surface area contributed by atoms with Gasteiger partial charge in [-0.1, -0.05) is 6.08 Å². The van der Waals surface area contributed by atoms with Gasteiger partial charge in [-0.2, -0.15) is 0 Å². The minimum Gasteiger partial charge on any atom is -0.380 e. The molecule has 0 aromatic carbocycles. The second-order valence-electron chi connectivity index (χ2n) is 5.14. The van der Waals surface area contributed by atoms with Crippen molar-refractivity contribution in [3.05, 3.63) is 11.6 Å². The fourth-order valence-corrected chi connectivity index (χ4v) is 2.36.